The molecule has 0 bridgehead atoms. The molecule has 0 fully saturated rings. The quantitative estimate of drug-likeness (QED) is 0.438. The van der Waals surface area contributed by atoms with E-state index in [4.69, 9.17) is 0 Å². The van der Waals surface area contributed by atoms with Crippen LogP contribution >= 0.6 is 0 Å². The number of hydrogen-bond acceptors (Lipinski definition) is 0. The zero-order chi connectivity index (χ0) is 4.12. The molecule has 0 atom stereocenters. The van der Waals surface area contributed by atoms with Crippen LogP contribution in [0.1, 0.15) is 19.8 Å². The first-order valence-corrected chi connectivity index (χ1v) is 3.21. The van der Waals surface area contributed by atoms with Crippen LogP contribution in [0.3, 0.4) is 0 Å². The molecule has 0 aromatic heterocycles. The van der Waals surface area contributed by atoms with E-state index >= 15 is 0 Å². The second-order valence-corrected chi connectivity index (χ2v) is 1.91. The maximum atomic E-state index is 2.22. The Morgan fingerprint density at radius 1 is 1.60 bits per heavy atom. The maximum Gasteiger partial charge on any atom is -0.0590 e. The number of rotatable bonds is 2. The van der Waals surface area contributed by atoms with Crippen LogP contribution in [0.25, 0.3) is 0 Å². The van der Waals surface area contributed by atoms with Gasteiger partial charge in [-0.25, -0.2) is 0 Å². The lowest BCUT2D eigenvalue weighted by atomic mass is 10.4. The molecule has 0 rings (SSSR count). The van der Waals surface area contributed by atoms with Gasteiger partial charge in [-0.3, -0.25) is 10.2 Å². The normalized spacial score (nSPS) is 8.40. The highest BCUT2D eigenvalue weighted by Gasteiger charge is 1.62. The van der Waals surface area contributed by atoms with E-state index in [0.29, 0.717) is 0 Å². The Hall–Kier alpha value is 0.217. The lowest BCUT2D eigenvalue weighted by molar-refractivity contribution is 0.884. The van der Waals surface area contributed by atoms with Gasteiger partial charge in [0.2, 0.25) is 0 Å². The lowest BCUT2D eigenvalue weighted by Crippen LogP contribution is -1.63. The van der Waals surface area contributed by atoms with E-state index in [0.717, 1.165) is 0 Å². The predicted octanol–water partition coefficient (Wildman–Crippen LogP) is 0.838. The molecule has 0 aliphatic carbocycles. The van der Waals surface area contributed by atoms with E-state index in [1.54, 1.807) is 0 Å². The fourth-order valence-electron chi connectivity index (χ4n) is 0.250. The van der Waals surface area contributed by atoms with Gasteiger partial charge < -0.3 is 0 Å². The van der Waals surface area contributed by atoms with Crippen molar-refractivity contribution in [2.45, 2.75) is 25.8 Å². The Kier molecular flexibility index (Phi) is 4.40. The smallest absolute Gasteiger partial charge is 0.0590 e. The Labute approximate surface area is 37.0 Å². The molecule has 5 heavy (non-hydrogen) atoms. The van der Waals surface area contributed by atoms with Crippen LogP contribution in [0.15, 0.2) is 0 Å². The summed E-state index contributed by atoms with van der Waals surface area (Å²) in [6, 6.07) is 1.37. The molecule has 0 aliphatic heterocycles. The lowest BCUT2D eigenvalue weighted by Gasteiger charge is -1.86. The molecule has 32 valence electrons. The molecule has 0 unspecified atom stereocenters. The number of unbranched alkanes of at least 4 members (excludes halogenated alkanes) is 1. The van der Waals surface area contributed by atoms with Crippen LogP contribution < -0.4 is 0 Å². The zero-order valence-electron chi connectivity index (χ0n) is 3.83. The standard InChI is InChI=1S/C4H11Si/c1-2-3-4-5/h2-5H2,1H3/q-1. The average Bonchev–Trinajstić information content (AvgIpc) is 1.41. The van der Waals surface area contributed by atoms with E-state index in [1.165, 1.54) is 18.9 Å². The molecule has 0 radical (unpaired) electrons. The van der Waals surface area contributed by atoms with E-state index in [1.807, 2.05) is 10.2 Å². The van der Waals surface area contributed by atoms with Crippen molar-refractivity contribution in [1.82, 2.24) is 0 Å². The third-order valence-electron chi connectivity index (χ3n) is 0.604. The fourth-order valence-corrected chi connectivity index (χ4v) is 0.750. The van der Waals surface area contributed by atoms with Crippen molar-refractivity contribution in [2.75, 3.05) is 0 Å². The summed E-state index contributed by atoms with van der Waals surface area (Å²) in [7, 11) is 2.05. The highest BCUT2D eigenvalue weighted by molar-refractivity contribution is 6.08. The van der Waals surface area contributed by atoms with Gasteiger partial charge in [-0.05, 0) is 0 Å². The van der Waals surface area contributed by atoms with Gasteiger partial charge in [0.15, 0.2) is 0 Å². The molecule has 0 aromatic rings. The second kappa shape index (κ2) is 4.22. The fraction of sp³-hybridized carbons (Fsp3) is 1.00. The molecule has 0 N–H and O–H groups in total. The van der Waals surface area contributed by atoms with E-state index < -0.39 is 0 Å². The minimum absolute atomic E-state index is 1.35. The Bertz CT molecular complexity index is 11.1. The van der Waals surface area contributed by atoms with Crippen molar-refractivity contribution in [3.63, 3.8) is 0 Å². The largest absolute Gasteiger partial charge is 0.296 e. The van der Waals surface area contributed by atoms with Crippen molar-refractivity contribution >= 4 is 10.2 Å². The van der Waals surface area contributed by atoms with Gasteiger partial charge >= 0.3 is 0 Å². The summed E-state index contributed by atoms with van der Waals surface area (Å²) in [5.41, 5.74) is 0. The first kappa shape index (κ1) is 5.22. The van der Waals surface area contributed by atoms with Crippen LogP contribution in [0.4, 0.5) is 0 Å². The summed E-state index contributed by atoms with van der Waals surface area (Å²) in [5.74, 6) is 0. The molecule has 0 aliphatic rings. The summed E-state index contributed by atoms with van der Waals surface area (Å²) in [4.78, 5) is 0. The van der Waals surface area contributed by atoms with Crippen LogP contribution in [0.5, 0.6) is 0 Å². The highest BCUT2D eigenvalue weighted by atomic mass is 28.1. The third kappa shape index (κ3) is 4.22. The highest BCUT2D eigenvalue weighted by Crippen LogP contribution is 1.86. The first-order valence-electron chi connectivity index (χ1n) is 2.21. The van der Waals surface area contributed by atoms with Crippen molar-refractivity contribution in [2.24, 2.45) is 0 Å². The average molecular weight is 87.2 g/mol. The molecule has 0 amide bonds. The minimum Gasteiger partial charge on any atom is -0.296 e. The van der Waals surface area contributed by atoms with Gasteiger partial charge in [0.05, 0.1) is 0 Å². The molecule has 0 spiro atoms. The van der Waals surface area contributed by atoms with Crippen molar-refractivity contribution in [3.05, 3.63) is 0 Å². The molecular formula is C4H11Si-. The van der Waals surface area contributed by atoms with Crippen molar-refractivity contribution in [3.8, 4) is 0 Å². The predicted molar refractivity (Wildman–Crippen MR) is 28.3 cm³/mol. The first-order chi connectivity index (χ1) is 2.41. The molecule has 1 heteroatoms. The van der Waals surface area contributed by atoms with E-state index in [2.05, 4.69) is 6.92 Å². The summed E-state index contributed by atoms with van der Waals surface area (Å²) in [6.45, 7) is 2.22. The second-order valence-electron chi connectivity index (χ2n) is 1.21. The van der Waals surface area contributed by atoms with Gasteiger partial charge in [0.1, 0.15) is 0 Å². The Morgan fingerprint density at radius 2 is 2.20 bits per heavy atom. The molecule has 0 saturated heterocycles. The molecule has 0 aromatic carbocycles. The van der Waals surface area contributed by atoms with Gasteiger partial charge in [0.25, 0.3) is 0 Å². The maximum absolute atomic E-state index is 2.22. The van der Waals surface area contributed by atoms with Crippen LogP contribution in [0, 0.1) is 0 Å². The summed E-state index contributed by atoms with van der Waals surface area (Å²) >= 11 is 0. The summed E-state index contributed by atoms with van der Waals surface area (Å²) < 4.78 is 0. The summed E-state index contributed by atoms with van der Waals surface area (Å²) in [6.07, 6.45) is 2.75. The molecular weight excluding hydrogens is 76.1 g/mol. The van der Waals surface area contributed by atoms with Crippen LogP contribution in [0.2, 0.25) is 6.04 Å². The minimum atomic E-state index is 1.35. The topological polar surface area (TPSA) is 0 Å². The van der Waals surface area contributed by atoms with Gasteiger partial charge in [-0.2, -0.15) is 6.04 Å². The van der Waals surface area contributed by atoms with E-state index in [9.17, 15) is 0 Å². The van der Waals surface area contributed by atoms with Crippen molar-refractivity contribution in [1.29, 1.82) is 0 Å². The van der Waals surface area contributed by atoms with Crippen molar-refractivity contribution < 1.29 is 0 Å². The van der Waals surface area contributed by atoms with Crippen LogP contribution in [-0.2, 0) is 0 Å². The van der Waals surface area contributed by atoms with E-state index in [-0.39, 0.29) is 0 Å². The van der Waals surface area contributed by atoms with Gasteiger partial charge in [0, 0.05) is 0 Å². The zero-order valence-corrected chi connectivity index (χ0v) is 5.24. The number of hydrogen-bond donors (Lipinski definition) is 0. The Balaban J connectivity index is 2.19. The summed E-state index contributed by atoms with van der Waals surface area (Å²) in [5, 5.41) is 0. The van der Waals surface area contributed by atoms with Crippen LogP contribution in [-0.4, -0.2) is 10.2 Å². The van der Waals surface area contributed by atoms with Gasteiger partial charge in [-0.1, -0.05) is 19.8 Å². The SMILES string of the molecule is CCCC[SiH2-]. The molecule has 0 heterocycles. The van der Waals surface area contributed by atoms with Gasteiger partial charge in [-0.15, -0.1) is 0 Å². The molecule has 0 saturated carbocycles. The Morgan fingerprint density at radius 3 is 2.20 bits per heavy atom. The molecule has 0 nitrogen and oxygen atoms in total. The monoisotopic (exact) mass is 87.1 g/mol. The third-order valence-corrected chi connectivity index (χ3v) is 1.10.